The lowest BCUT2D eigenvalue weighted by atomic mass is 10.0. The molecule has 0 heterocycles. The van der Waals surface area contributed by atoms with Crippen LogP contribution in [0.2, 0.25) is 0 Å². The van der Waals surface area contributed by atoms with Crippen molar-refractivity contribution in [2.24, 2.45) is 5.73 Å². The summed E-state index contributed by atoms with van der Waals surface area (Å²) in [5.41, 5.74) is 5.04. The summed E-state index contributed by atoms with van der Waals surface area (Å²) in [6.07, 6.45) is 27.8. The van der Waals surface area contributed by atoms with Crippen molar-refractivity contribution in [2.45, 2.75) is 128 Å². The second-order valence-electron chi connectivity index (χ2n) is 8.10. The van der Waals surface area contributed by atoms with Crippen LogP contribution >= 0.6 is 0 Å². The second-order valence-corrected chi connectivity index (χ2v) is 8.10. The molecule has 0 aromatic heterocycles. The highest BCUT2D eigenvalue weighted by atomic mass is 16.4. The molecule has 28 heavy (non-hydrogen) atoms. The fourth-order valence-corrected chi connectivity index (χ4v) is 3.57. The number of hydrogen-bond acceptors (Lipinski definition) is 2. The molecule has 0 rings (SSSR count). The molecule has 4 nitrogen and oxygen atoms in total. The molecule has 0 aliphatic heterocycles. The molecule has 164 valence electrons. The Bertz CT molecular complexity index is 393. The van der Waals surface area contributed by atoms with Gasteiger partial charge in [0.1, 0.15) is 0 Å². The largest absolute Gasteiger partial charge is 0.481 e. The third-order valence-electron chi connectivity index (χ3n) is 5.29. The van der Waals surface area contributed by atoms with Gasteiger partial charge in [-0.25, -0.2) is 0 Å². The van der Waals surface area contributed by atoms with Gasteiger partial charge in [0, 0.05) is 6.42 Å². The highest BCUT2D eigenvalue weighted by Gasteiger charge is 1.97. The number of hydrogen-bond donors (Lipinski definition) is 2. The molecule has 0 saturated heterocycles. The molecule has 1 amide bonds. The summed E-state index contributed by atoms with van der Waals surface area (Å²) in [5, 5.41) is 8.57. The van der Waals surface area contributed by atoms with Crippen molar-refractivity contribution in [3.8, 4) is 0 Å². The van der Waals surface area contributed by atoms with Gasteiger partial charge in [-0.1, -0.05) is 109 Å². The number of carbonyl (C=O) groups is 2. The minimum Gasteiger partial charge on any atom is -0.481 e. The first-order valence-corrected chi connectivity index (χ1v) is 11.8. The zero-order valence-electron chi connectivity index (χ0n) is 18.1. The number of primary amides is 1. The third kappa shape index (κ3) is 24.7. The maximum atomic E-state index is 10.5. The van der Waals surface area contributed by atoms with E-state index in [2.05, 4.69) is 0 Å². The van der Waals surface area contributed by atoms with Crippen LogP contribution in [0, 0.1) is 0 Å². The first-order chi connectivity index (χ1) is 13.6. The molecule has 4 heteroatoms. The van der Waals surface area contributed by atoms with E-state index in [0.717, 1.165) is 25.7 Å². The van der Waals surface area contributed by atoms with E-state index in [9.17, 15) is 9.59 Å². The molecule has 0 aromatic rings. The minimum absolute atomic E-state index is 0.331. The number of carboxylic acids is 1. The molecule has 0 aromatic carbocycles. The van der Waals surface area contributed by atoms with Gasteiger partial charge < -0.3 is 10.8 Å². The van der Waals surface area contributed by atoms with Gasteiger partial charge in [-0.2, -0.15) is 0 Å². The Labute approximate surface area is 173 Å². The van der Waals surface area contributed by atoms with Crippen LogP contribution in [0.1, 0.15) is 128 Å². The Balaban J connectivity index is 3.05. The summed E-state index contributed by atoms with van der Waals surface area (Å²) in [4.78, 5) is 20.9. The Morgan fingerprint density at radius 2 is 0.893 bits per heavy atom. The molecule has 0 atom stereocenters. The van der Waals surface area contributed by atoms with Gasteiger partial charge in [-0.05, 0) is 25.3 Å². The van der Waals surface area contributed by atoms with Crippen LogP contribution in [0.4, 0.5) is 0 Å². The third-order valence-corrected chi connectivity index (χ3v) is 5.29. The van der Waals surface area contributed by atoms with E-state index in [0.29, 0.717) is 6.42 Å². The average Bonchev–Trinajstić information content (AvgIpc) is 2.65. The fraction of sp³-hybridized carbons (Fsp3) is 0.833. The van der Waals surface area contributed by atoms with Crippen molar-refractivity contribution in [3.05, 3.63) is 12.2 Å². The van der Waals surface area contributed by atoms with Gasteiger partial charge in [0.25, 0.3) is 0 Å². The zero-order chi connectivity index (χ0) is 20.7. The summed E-state index contributed by atoms with van der Waals surface area (Å²) in [6.45, 7) is 0. The van der Waals surface area contributed by atoms with Crippen molar-refractivity contribution < 1.29 is 14.7 Å². The van der Waals surface area contributed by atoms with Crippen molar-refractivity contribution >= 4 is 11.9 Å². The quantitative estimate of drug-likeness (QED) is 0.154. The molecule has 0 bridgehead atoms. The lowest BCUT2D eigenvalue weighted by Gasteiger charge is -2.04. The van der Waals surface area contributed by atoms with Crippen LogP contribution in [0.15, 0.2) is 12.2 Å². The monoisotopic (exact) mass is 395 g/mol. The molecule has 0 spiro atoms. The number of aliphatic carboxylic acids is 1. The van der Waals surface area contributed by atoms with E-state index >= 15 is 0 Å². The van der Waals surface area contributed by atoms with Gasteiger partial charge in [0.2, 0.25) is 5.91 Å². The number of nitrogens with two attached hydrogens (primary N) is 1. The van der Waals surface area contributed by atoms with E-state index in [-0.39, 0.29) is 5.91 Å². The molecule has 0 aliphatic rings. The number of amides is 1. The summed E-state index contributed by atoms with van der Waals surface area (Å²) in [5.74, 6) is -1.01. The van der Waals surface area contributed by atoms with Crippen LogP contribution in [0.5, 0.6) is 0 Å². The number of allylic oxidation sites excluding steroid dienone is 1. The Morgan fingerprint density at radius 3 is 1.21 bits per heavy atom. The lowest BCUT2D eigenvalue weighted by Crippen LogP contribution is -2.05. The maximum Gasteiger partial charge on any atom is 0.303 e. The van der Waals surface area contributed by atoms with Crippen LogP contribution in [0.3, 0.4) is 0 Å². The molecule has 0 saturated carbocycles. The van der Waals surface area contributed by atoms with E-state index in [4.69, 9.17) is 10.8 Å². The summed E-state index contributed by atoms with van der Waals surface area (Å²) >= 11 is 0. The normalized spacial score (nSPS) is 11.3. The minimum atomic E-state index is -0.664. The number of carbonyl (C=O) groups excluding carboxylic acids is 1. The van der Waals surface area contributed by atoms with E-state index in [1.165, 1.54) is 102 Å². The van der Waals surface area contributed by atoms with Crippen molar-refractivity contribution in [2.75, 3.05) is 0 Å². The molecule has 0 aliphatic carbocycles. The van der Waals surface area contributed by atoms with Crippen LogP contribution in [0.25, 0.3) is 0 Å². The lowest BCUT2D eigenvalue weighted by molar-refractivity contribution is -0.137. The number of rotatable bonds is 22. The standard InChI is InChI=1S/C24H45NO3/c25-23(26)21-19-17-15-13-11-9-7-5-3-1-2-4-6-8-10-12-14-16-18-20-22-24(27)28/h19,21H,1-18,20,22H2,(H2,25,26)(H,27,28). The van der Waals surface area contributed by atoms with Gasteiger partial charge in [0.15, 0.2) is 0 Å². The zero-order valence-corrected chi connectivity index (χ0v) is 18.1. The molecule has 0 radical (unpaired) electrons. The summed E-state index contributed by atoms with van der Waals surface area (Å²) in [7, 11) is 0. The molecular weight excluding hydrogens is 350 g/mol. The van der Waals surface area contributed by atoms with Gasteiger partial charge >= 0.3 is 5.97 Å². The Hall–Kier alpha value is -1.32. The summed E-state index contributed by atoms with van der Waals surface area (Å²) in [6, 6.07) is 0. The fourth-order valence-electron chi connectivity index (χ4n) is 3.57. The molecular formula is C24H45NO3. The summed E-state index contributed by atoms with van der Waals surface area (Å²) < 4.78 is 0. The first-order valence-electron chi connectivity index (χ1n) is 11.8. The van der Waals surface area contributed by atoms with Gasteiger partial charge in [-0.15, -0.1) is 0 Å². The Morgan fingerprint density at radius 1 is 0.571 bits per heavy atom. The topological polar surface area (TPSA) is 80.4 Å². The molecule has 0 unspecified atom stereocenters. The van der Waals surface area contributed by atoms with Gasteiger partial charge in [0.05, 0.1) is 0 Å². The number of unbranched alkanes of at least 4 members (excludes halogenated alkanes) is 18. The van der Waals surface area contributed by atoms with Crippen molar-refractivity contribution in [1.29, 1.82) is 0 Å². The van der Waals surface area contributed by atoms with Crippen LogP contribution in [-0.4, -0.2) is 17.0 Å². The highest BCUT2D eigenvalue weighted by molar-refractivity contribution is 5.85. The van der Waals surface area contributed by atoms with Crippen LogP contribution in [-0.2, 0) is 9.59 Å². The molecule has 3 N–H and O–H groups in total. The maximum absolute atomic E-state index is 10.5. The van der Waals surface area contributed by atoms with E-state index < -0.39 is 5.97 Å². The van der Waals surface area contributed by atoms with Gasteiger partial charge in [-0.3, -0.25) is 9.59 Å². The van der Waals surface area contributed by atoms with E-state index in [1.54, 1.807) is 0 Å². The predicted octanol–water partition coefficient (Wildman–Crippen LogP) is 6.91. The predicted molar refractivity (Wildman–Crippen MR) is 118 cm³/mol. The molecule has 0 fully saturated rings. The Kier molecular flexibility index (Phi) is 20.9. The first kappa shape index (κ1) is 26.7. The second kappa shape index (κ2) is 22.0. The van der Waals surface area contributed by atoms with Crippen molar-refractivity contribution in [3.63, 3.8) is 0 Å². The van der Waals surface area contributed by atoms with Crippen LogP contribution < -0.4 is 5.73 Å². The smallest absolute Gasteiger partial charge is 0.303 e. The van der Waals surface area contributed by atoms with E-state index in [1.807, 2.05) is 6.08 Å². The SMILES string of the molecule is NC(=O)C=CCCCCCCCCCCCCCCCCCCCCC(=O)O. The highest BCUT2D eigenvalue weighted by Crippen LogP contribution is 2.14. The number of carboxylic acid groups (broad SMARTS) is 1. The van der Waals surface area contributed by atoms with Crippen molar-refractivity contribution in [1.82, 2.24) is 0 Å². The average molecular weight is 396 g/mol.